The molecule has 1 atom stereocenters. The number of fused-ring (bicyclic) bond motifs is 1. The van der Waals surface area contributed by atoms with E-state index in [0.717, 1.165) is 35.8 Å². The van der Waals surface area contributed by atoms with E-state index in [0.29, 0.717) is 5.56 Å². The van der Waals surface area contributed by atoms with Gasteiger partial charge in [-0.25, -0.2) is 36.5 Å². The standard InChI is InChI=1S/C30H27ClF2N6O4S/c1-4-23(40)37-12-13-38(16(2)15-37)27-19-14-22(33)25(24-20(31)6-5-7-21(24)32)35-28(19)39(30(41)36-27)26-18(17-8-9-17)10-11-34-29(26)44(3,42)43/h4-7,10-11,14,16-17H,1,8-9,12-13,15H2,2-3H3/t16-/m0/s1. The van der Waals surface area contributed by atoms with Crippen molar-refractivity contribution in [3.05, 3.63) is 81.9 Å². The molecule has 228 valence electrons. The molecule has 0 bridgehead atoms. The number of pyridine rings is 2. The number of carbonyl (C=O) groups excluding carboxylic acids is 1. The van der Waals surface area contributed by atoms with Crippen molar-refractivity contribution in [2.75, 3.05) is 30.8 Å². The van der Waals surface area contributed by atoms with Crippen LogP contribution in [0, 0.1) is 11.6 Å². The lowest BCUT2D eigenvalue weighted by Gasteiger charge is -2.40. The molecule has 1 saturated carbocycles. The molecule has 10 nitrogen and oxygen atoms in total. The molecule has 2 fully saturated rings. The number of aromatic nitrogens is 4. The first kappa shape index (κ1) is 29.8. The van der Waals surface area contributed by atoms with E-state index in [-0.39, 0.29) is 75.7 Å². The van der Waals surface area contributed by atoms with Gasteiger partial charge < -0.3 is 9.80 Å². The summed E-state index contributed by atoms with van der Waals surface area (Å²) in [7, 11) is -3.97. The maximum Gasteiger partial charge on any atom is 0.355 e. The van der Waals surface area contributed by atoms with Crippen molar-refractivity contribution in [2.24, 2.45) is 0 Å². The van der Waals surface area contributed by atoms with Gasteiger partial charge in [0.1, 0.15) is 17.3 Å². The molecular formula is C30H27ClF2N6O4S. The van der Waals surface area contributed by atoms with Gasteiger partial charge in [0, 0.05) is 38.1 Å². The highest BCUT2D eigenvalue weighted by molar-refractivity contribution is 7.90. The van der Waals surface area contributed by atoms with Crippen molar-refractivity contribution in [3.63, 3.8) is 0 Å². The highest BCUT2D eigenvalue weighted by Gasteiger charge is 2.34. The number of carbonyl (C=O) groups is 1. The summed E-state index contributed by atoms with van der Waals surface area (Å²) in [5.41, 5.74) is -1.27. The van der Waals surface area contributed by atoms with E-state index in [4.69, 9.17) is 11.6 Å². The zero-order chi connectivity index (χ0) is 31.5. The van der Waals surface area contributed by atoms with Gasteiger partial charge in [0.15, 0.2) is 26.3 Å². The van der Waals surface area contributed by atoms with Crippen LogP contribution in [0.2, 0.25) is 5.02 Å². The molecule has 1 aliphatic heterocycles. The molecule has 0 N–H and O–H groups in total. The smallest absolute Gasteiger partial charge is 0.350 e. The molecule has 4 aromatic rings. The second-order valence-corrected chi connectivity index (χ2v) is 13.3. The Kier molecular flexibility index (Phi) is 7.49. The lowest BCUT2D eigenvalue weighted by Crippen LogP contribution is -2.54. The topological polar surface area (TPSA) is 118 Å². The van der Waals surface area contributed by atoms with Gasteiger partial charge in [0.25, 0.3) is 0 Å². The van der Waals surface area contributed by atoms with E-state index < -0.39 is 32.9 Å². The van der Waals surface area contributed by atoms with Crippen LogP contribution in [-0.2, 0) is 14.6 Å². The number of anilines is 1. The molecule has 44 heavy (non-hydrogen) atoms. The number of hydrogen-bond donors (Lipinski definition) is 0. The van der Waals surface area contributed by atoms with E-state index in [1.165, 1.54) is 24.4 Å². The Hall–Kier alpha value is -4.23. The molecule has 1 aliphatic carbocycles. The Morgan fingerprint density at radius 2 is 1.89 bits per heavy atom. The fourth-order valence-corrected chi connectivity index (χ4v) is 6.76. The maximum absolute atomic E-state index is 16.0. The Bertz CT molecular complexity index is 2010. The molecule has 1 aromatic carbocycles. The highest BCUT2D eigenvalue weighted by Crippen LogP contribution is 2.44. The number of sulfone groups is 1. The highest BCUT2D eigenvalue weighted by atomic mass is 35.5. The van der Waals surface area contributed by atoms with Crippen LogP contribution in [-0.4, -0.2) is 70.7 Å². The average molecular weight is 641 g/mol. The van der Waals surface area contributed by atoms with Gasteiger partial charge >= 0.3 is 5.69 Å². The summed E-state index contributed by atoms with van der Waals surface area (Å²) in [6.07, 6.45) is 5.10. The van der Waals surface area contributed by atoms with Gasteiger partial charge in [0.2, 0.25) is 5.91 Å². The van der Waals surface area contributed by atoms with Crippen molar-refractivity contribution >= 4 is 44.2 Å². The van der Waals surface area contributed by atoms with Crippen LogP contribution in [0.4, 0.5) is 14.6 Å². The quantitative estimate of drug-likeness (QED) is 0.287. The second-order valence-electron chi connectivity index (χ2n) is 11.0. The Morgan fingerprint density at radius 3 is 2.52 bits per heavy atom. The van der Waals surface area contributed by atoms with Gasteiger partial charge in [-0.15, -0.1) is 0 Å². The van der Waals surface area contributed by atoms with Crippen LogP contribution in [0.25, 0.3) is 28.0 Å². The van der Waals surface area contributed by atoms with E-state index in [9.17, 15) is 18.0 Å². The summed E-state index contributed by atoms with van der Waals surface area (Å²) in [5, 5.41) is -0.382. The molecule has 6 rings (SSSR count). The summed E-state index contributed by atoms with van der Waals surface area (Å²) < 4.78 is 58.0. The average Bonchev–Trinajstić information content (AvgIpc) is 3.82. The zero-order valence-electron chi connectivity index (χ0n) is 23.8. The number of rotatable bonds is 6. The van der Waals surface area contributed by atoms with Crippen LogP contribution in [0.15, 0.2) is 59.0 Å². The molecule has 0 unspecified atom stereocenters. The minimum atomic E-state index is -3.97. The molecule has 3 aromatic heterocycles. The van der Waals surface area contributed by atoms with Crippen molar-refractivity contribution in [2.45, 2.75) is 36.8 Å². The van der Waals surface area contributed by atoms with Gasteiger partial charge in [-0.05, 0) is 61.6 Å². The fraction of sp³-hybridized carbons (Fsp3) is 0.300. The summed E-state index contributed by atoms with van der Waals surface area (Å²) in [4.78, 5) is 42.6. The molecule has 1 amide bonds. The predicted octanol–water partition coefficient (Wildman–Crippen LogP) is 4.28. The van der Waals surface area contributed by atoms with Gasteiger partial charge in [0.05, 0.1) is 21.7 Å². The van der Waals surface area contributed by atoms with E-state index >= 15 is 8.78 Å². The fourth-order valence-electron chi connectivity index (χ4n) is 5.70. The van der Waals surface area contributed by atoms with Crippen molar-refractivity contribution < 1.29 is 22.0 Å². The summed E-state index contributed by atoms with van der Waals surface area (Å²) in [6.45, 7) is 6.18. The molecule has 14 heteroatoms. The predicted molar refractivity (Wildman–Crippen MR) is 162 cm³/mol. The van der Waals surface area contributed by atoms with E-state index in [2.05, 4.69) is 21.5 Å². The lowest BCUT2D eigenvalue weighted by atomic mass is 10.1. The third-order valence-electron chi connectivity index (χ3n) is 7.90. The van der Waals surface area contributed by atoms with Crippen LogP contribution in [0.5, 0.6) is 0 Å². The molecule has 0 spiro atoms. The number of benzene rings is 1. The SMILES string of the molecule is C=CC(=O)N1CCN(c2nc(=O)n(-c3c(C4CC4)ccnc3S(C)(=O)=O)c3nc(-c4c(F)cccc4Cl)c(F)cc23)[C@@H](C)C1. The Morgan fingerprint density at radius 1 is 1.14 bits per heavy atom. The number of nitrogens with zero attached hydrogens (tertiary/aromatic N) is 6. The first-order valence-electron chi connectivity index (χ1n) is 13.9. The van der Waals surface area contributed by atoms with Gasteiger partial charge in [-0.1, -0.05) is 24.2 Å². The zero-order valence-corrected chi connectivity index (χ0v) is 25.4. The molecule has 1 saturated heterocycles. The van der Waals surface area contributed by atoms with E-state index in [1.54, 1.807) is 15.9 Å². The molecular weight excluding hydrogens is 614 g/mol. The van der Waals surface area contributed by atoms with Crippen LogP contribution < -0.4 is 10.6 Å². The third kappa shape index (κ3) is 5.13. The number of halogens is 3. The van der Waals surface area contributed by atoms with Crippen LogP contribution in [0.3, 0.4) is 0 Å². The first-order valence-corrected chi connectivity index (χ1v) is 16.1. The number of amides is 1. The van der Waals surface area contributed by atoms with Crippen LogP contribution >= 0.6 is 11.6 Å². The number of piperazine rings is 1. The molecule has 4 heterocycles. The van der Waals surface area contributed by atoms with Gasteiger partial charge in [-0.3, -0.25) is 4.79 Å². The first-order chi connectivity index (χ1) is 20.9. The Balaban J connectivity index is 1.69. The largest absolute Gasteiger partial charge is 0.355 e. The Labute approximate surface area is 256 Å². The molecule has 0 radical (unpaired) electrons. The minimum Gasteiger partial charge on any atom is -0.350 e. The van der Waals surface area contributed by atoms with Crippen molar-refractivity contribution in [1.82, 2.24) is 24.4 Å². The van der Waals surface area contributed by atoms with Crippen molar-refractivity contribution in [1.29, 1.82) is 0 Å². The van der Waals surface area contributed by atoms with E-state index in [1.807, 2.05) is 6.92 Å². The minimum absolute atomic E-state index is 0.0225. The monoisotopic (exact) mass is 640 g/mol. The van der Waals surface area contributed by atoms with Crippen LogP contribution in [0.1, 0.15) is 31.2 Å². The maximum atomic E-state index is 16.0. The lowest BCUT2D eigenvalue weighted by molar-refractivity contribution is -0.126. The second kappa shape index (κ2) is 11.0. The van der Waals surface area contributed by atoms with Gasteiger partial charge in [-0.2, -0.15) is 4.98 Å². The summed E-state index contributed by atoms with van der Waals surface area (Å²) in [5.74, 6) is -1.95. The number of hydrogen-bond acceptors (Lipinski definition) is 8. The summed E-state index contributed by atoms with van der Waals surface area (Å²) in [6, 6.07) is 6.25. The third-order valence-corrected chi connectivity index (χ3v) is 9.22. The molecule has 2 aliphatic rings. The van der Waals surface area contributed by atoms with Crippen molar-refractivity contribution in [3.8, 4) is 16.9 Å². The summed E-state index contributed by atoms with van der Waals surface area (Å²) >= 11 is 6.29. The normalized spacial score (nSPS) is 17.2.